The zero-order chi connectivity index (χ0) is 25.7. The lowest BCUT2D eigenvalue weighted by Gasteiger charge is -2.31. The van der Waals surface area contributed by atoms with Crippen molar-refractivity contribution in [3.8, 4) is 0 Å². The number of nitrogens with zero attached hydrogens (tertiary/aromatic N) is 5. The smallest absolute Gasteiger partial charge is 0.330 e. The van der Waals surface area contributed by atoms with Crippen molar-refractivity contribution in [2.45, 2.75) is 59.5 Å². The molecule has 37 heavy (non-hydrogen) atoms. The number of anilines is 2. The summed E-state index contributed by atoms with van der Waals surface area (Å²) in [6.45, 7) is 9.03. The van der Waals surface area contributed by atoms with Gasteiger partial charge in [0.25, 0.3) is 0 Å². The number of rotatable bonds is 5. The fraction of sp³-hybridized carbons (Fsp3) is 0.310. The number of pyridine rings is 1. The van der Waals surface area contributed by atoms with Gasteiger partial charge in [-0.15, -0.1) is 0 Å². The van der Waals surface area contributed by atoms with Crippen LogP contribution in [0.4, 0.5) is 11.4 Å². The SMILES string of the molecule is CCc1nc2c(C)cc(C)nc2n1Cc1ccc2c(c1)CCc1ccccc1N2C(C)c1noc(=O)[nH]1. The predicted octanol–water partition coefficient (Wildman–Crippen LogP) is 5.33. The molecule has 1 N–H and O–H groups in total. The van der Waals surface area contributed by atoms with Crippen molar-refractivity contribution >= 4 is 22.5 Å². The molecule has 8 heteroatoms. The first-order chi connectivity index (χ1) is 17.9. The van der Waals surface area contributed by atoms with Crippen LogP contribution >= 0.6 is 0 Å². The average Bonchev–Trinajstić information content (AvgIpc) is 3.43. The predicted molar refractivity (Wildman–Crippen MR) is 143 cm³/mol. The van der Waals surface area contributed by atoms with Gasteiger partial charge in [0.05, 0.1) is 12.6 Å². The second-order valence-corrected chi connectivity index (χ2v) is 9.84. The summed E-state index contributed by atoms with van der Waals surface area (Å²) in [5, 5.41) is 4.00. The Balaban J connectivity index is 1.44. The van der Waals surface area contributed by atoms with Crippen LogP contribution in [0, 0.1) is 13.8 Å². The van der Waals surface area contributed by atoms with E-state index in [0.29, 0.717) is 12.4 Å². The van der Waals surface area contributed by atoms with E-state index < -0.39 is 5.76 Å². The molecule has 2 aromatic carbocycles. The van der Waals surface area contributed by atoms with Gasteiger partial charge in [0.1, 0.15) is 11.3 Å². The van der Waals surface area contributed by atoms with Crippen molar-refractivity contribution in [1.82, 2.24) is 24.7 Å². The van der Waals surface area contributed by atoms with Gasteiger partial charge in [0.15, 0.2) is 11.5 Å². The molecule has 1 aliphatic heterocycles. The number of imidazole rings is 1. The van der Waals surface area contributed by atoms with Crippen LogP contribution in [-0.4, -0.2) is 24.7 Å². The average molecular weight is 495 g/mol. The molecule has 4 heterocycles. The number of para-hydroxylation sites is 1. The van der Waals surface area contributed by atoms with Gasteiger partial charge in [-0.1, -0.05) is 42.4 Å². The van der Waals surface area contributed by atoms with Gasteiger partial charge >= 0.3 is 5.76 Å². The summed E-state index contributed by atoms with van der Waals surface area (Å²) < 4.78 is 7.09. The van der Waals surface area contributed by atoms with Gasteiger partial charge < -0.3 is 9.47 Å². The maximum atomic E-state index is 11.7. The Labute approximate surface area is 215 Å². The molecule has 0 spiro atoms. The lowest BCUT2D eigenvalue weighted by molar-refractivity contribution is 0.378. The Kier molecular flexibility index (Phi) is 5.67. The third-order valence-corrected chi connectivity index (χ3v) is 7.32. The van der Waals surface area contributed by atoms with Crippen molar-refractivity contribution < 1.29 is 4.52 Å². The molecule has 1 unspecified atom stereocenters. The number of nitrogens with one attached hydrogen (secondary N) is 1. The Bertz CT molecular complexity index is 1680. The molecular formula is C29H30N6O2. The van der Waals surface area contributed by atoms with Crippen LogP contribution in [0.2, 0.25) is 0 Å². The third kappa shape index (κ3) is 4.02. The fourth-order valence-corrected chi connectivity index (χ4v) is 5.56. The first-order valence-corrected chi connectivity index (χ1v) is 12.8. The molecule has 3 aromatic heterocycles. The minimum atomic E-state index is -0.543. The number of benzene rings is 2. The highest BCUT2D eigenvalue weighted by Gasteiger charge is 2.28. The molecule has 0 radical (unpaired) electrons. The minimum absolute atomic E-state index is 0.213. The molecule has 1 atom stereocenters. The second kappa shape index (κ2) is 9.03. The summed E-state index contributed by atoms with van der Waals surface area (Å²) in [7, 11) is 0. The quantitative estimate of drug-likeness (QED) is 0.355. The topological polar surface area (TPSA) is 92.8 Å². The molecular weight excluding hydrogens is 464 g/mol. The molecule has 0 aliphatic carbocycles. The zero-order valence-electron chi connectivity index (χ0n) is 21.6. The first kappa shape index (κ1) is 23.2. The normalized spacial score (nSPS) is 13.9. The van der Waals surface area contributed by atoms with Crippen molar-refractivity contribution in [3.63, 3.8) is 0 Å². The van der Waals surface area contributed by atoms with Crippen molar-refractivity contribution in [3.05, 3.63) is 98.7 Å². The van der Waals surface area contributed by atoms with E-state index in [2.05, 4.69) is 82.0 Å². The maximum Gasteiger partial charge on any atom is 0.438 e. The van der Waals surface area contributed by atoms with Crippen LogP contribution in [0.3, 0.4) is 0 Å². The maximum absolute atomic E-state index is 11.7. The minimum Gasteiger partial charge on any atom is -0.330 e. The van der Waals surface area contributed by atoms with Crippen LogP contribution in [0.25, 0.3) is 11.2 Å². The lowest BCUT2D eigenvalue weighted by atomic mass is 10.0. The molecule has 0 fully saturated rings. The highest BCUT2D eigenvalue weighted by molar-refractivity contribution is 5.76. The Hall–Kier alpha value is -4.20. The van der Waals surface area contributed by atoms with Crippen LogP contribution in [0.1, 0.15) is 59.5 Å². The standard InChI is InChI=1S/C29H30N6O2/c1-5-25-31-26-17(2)14-18(3)30-28(26)34(25)16-20-10-13-24-22(15-20)12-11-21-8-6-7-9-23(21)35(24)19(4)27-32-29(36)37-33-27/h6-10,13-15,19H,5,11-12,16H2,1-4H3,(H,32,33,36). The number of hydrogen-bond acceptors (Lipinski definition) is 6. The van der Waals surface area contributed by atoms with Crippen molar-refractivity contribution in [1.29, 1.82) is 0 Å². The van der Waals surface area contributed by atoms with Crippen molar-refractivity contribution in [2.24, 2.45) is 0 Å². The van der Waals surface area contributed by atoms with E-state index in [1.807, 2.05) is 13.8 Å². The van der Waals surface area contributed by atoms with Gasteiger partial charge in [0, 0.05) is 23.5 Å². The molecule has 8 nitrogen and oxygen atoms in total. The van der Waals surface area contributed by atoms with Gasteiger partial charge in [-0.05, 0) is 74.1 Å². The van der Waals surface area contributed by atoms with Crippen LogP contribution in [-0.2, 0) is 25.8 Å². The molecule has 188 valence electrons. The number of H-pyrrole nitrogens is 1. The van der Waals surface area contributed by atoms with Crippen LogP contribution in [0.15, 0.2) is 57.8 Å². The molecule has 0 amide bonds. The summed E-state index contributed by atoms with van der Waals surface area (Å²) in [6, 6.07) is 17.0. The number of fused-ring (bicyclic) bond motifs is 3. The Morgan fingerprint density at radius 3 is 2.59 bits per heavy atom. The fourth-order valence-electron chi connectivity index (χ4n) is 5.56. The van der Waals surface area contributed by atoms with Crippen LogP contribution < -0.4 is 10.7 Å². The highest BCUT2D eigenvalue weighted by Crippen LogP contribution is 2.41. The third-order valence-electron chi connectivity index (χ3n) is 7.32. The van der Waals surface area contributed by atoms with E-state index in [-0.39, 0.29) is 6.04 Å². The molecule has 0 saturated heterocycles. The van der Waals surface area contributed by atoms with E-state index in [4.69, 9.17) is 14.5 Å². The van der Waals surface area contributed by atoms with Crippen LogP contribution in [0.5, 0.6) is 0 Å². The molecule has 1 aliphatic rings. The van der Waals surface area contributed by atoms with Gasteiger partial charge in [-0.2, -0.15) is 0 Å². The Morgan fingerprint density at radius 1 is 1.03 bits per heavy atom. The summed E-state index contributed by atoms with van der Waals surface area (Å²) >= 11 is 0. The number of aryl methyl sites for hydroxylation is 5. The number of aromatic amines is 1. The summed E-state index contributed by atoms with van der Waals surface area (Å²) in [5.74, 6) is 1.01. The summed E-state index contributed by atoms with van der Waals surface area (Å²) in [4.78, 5) is 26.5. The lowest BCUT2D eigenvalue weighted by Crippen LogP contribution is -2.24. The summed E-state index contributed by atoms with van der Waals surface area (Å²) in [6.07, 6.45) is 2.69. The molecule has 5 aromatic rings. The monoisotopic (exact) mass is 494 g/mol. The van der Waals surface area contributed by atoms with Gasteiger partial charge in [-0.3, -0.25) is 9.51 Å². The number of hydrogen-bond donors (Lipinski definition) is 1. The van der Waals surface area contributed by atoms with E-state index in [0.717, 1.165) is 58.9 Å². The Morgan fingerprint density at radius 2 is 1.81 bits per heavy atom. The number of aromatic nitrogens is 5. The largest absolute Gasteiger partial charge is 0.438 e. The first-order valence-electron chi connectivity index (χ1n) is 12.8. The zero-order valence-corrected chi connectivity index (χ0v) is 21.6. The van der Waals surface area contributed by atoms with Crippen molar-refractivity contribution in [2.75, 3.05) is 4.90 Å². The highest BCUT2D eigenvalue weighted by atomic mass is 16.5. The van der Waals surface area contributed by atoms with Gasteiger partial charge in [-0.25, -0.2) is 14.8 Å². The van der Waals surface area contributed by atoms with E-state index in [1.54, 1.807) is 0 Å². The van der Waals surface area contributed by atoms with E-state index >= 15 is 0 Å². The molecule has 6 rings (SSSR count). The molecule has 0 bridgehead atoms. The van der Waals surface area contributed by atoms with Gasteiger partial charge in [0.2, 0.25) is 0 Å². The summed E-state index contributed by atoms with van der Waals surface area (Å²) in [5.41, 5.74) is 10.1. The molecule has 0 saturated carbocycles. The second-order valence-electron chi connectivity index (χ2n) is 9.84. The van der Waals surface area contributed by atoms with E-state index in [1.165, 1.54) is 16.7 Å². The van der Waals surface area contributed by atoms with E-state index in [9.17, 15) is 4.79 Å².